The molecule has 152 valence electrons. The van der Waals surface area contributed by atoms with Gasteiger partial charge in [0.05, 0.1) is 12.6 Å². The molecule has 8 nitrogen and oxygen atoms in total. The van der Waals surface area contributed by atoms with Crippen LogP contribution in [0, 0.1) is 5.41 Å². The molecule has 1 aromatic carbocycles. The Labute approximate surface area is 169 Å². The molecular formula is C21H25N5O3. The van der Waals surface area contributed by atoms with Crippen molar-refractivity contribution in [1.29, 1.82) is 5.41 Å². The fourth-order valence-electron chi connectivity index (χ4n) is 3.38. The third-order valence-electron chi connectivity index (χ3n) is 4.94. The fourth-order valence-corrected chi connectivity index (χ4v) is 3.38. The van der Waals surface area contributed by atoms with E-state index in [0.717, 1.165) is 16.5 Å². The Hall–Kier alpha value is -3.26. The fraction of sp³-hybridized carbons (Fsp3) is 0.333. The minimum absolute atomic E-state index is 0.140. The topological polar surface area (TPSA) is 123 Å². The van der Waals surface area contributed by atoms with E-state index in [9.17, 15) is 4.79 Å². The van der Waals surface area contributed by atoms with Crippen molar-refractivity contribution >= 4 is 34.1 Å². The van der Waals surface area contributed by atoms with Gasteiger partial charge >= 0.3 is 5.97 Å². The number of para-hydroxylation sites is 1. The van der Waals surface area contributed by atoms with Crippen LogP contribution in [-0.4, -0.2) is 41.6 Å². The highest BCUT2D eigenvalue weighted by Crippen LogP contribution is 2.35. The van der Waals surface area contributed by atoms with Crippen LogP contribution in [0.2, 0.25) is 0 Å². The molecule has 1 heterocycles. The van der Waals surface area contributed by atoms with Gasteiger partial charge in [-0.3, -0.25) is 5.41 Å². The molecule has 0 aliphatic heterocycles. The molecule has 1 atom stereocenters. The molecule has 1 aliphatic carbocycles. The van der Waals surface area contributed by atoms with Gasteiger partial charge in [0.2, 0.25) is 0 Å². The lowest BCUT2D eigenvalue weighted by atomic mass is 9.85. The maximum Gasteiger partial charge on any atom is 0.338 e. The van der Waals surface area contributed by atoms with E-state index in [1.807, 2.05) is 30.3 Å². The molecule has 3 rings (SSSR count). The summed E-state index contributed by atoms with van der Waals surface area (Å²) in [6.45, 7) is 1.72. The lowest BCUT2D eigenvalue weighted by molar-refractivity contribution is -0.166. The molecule has 0 amide bonds. The lowest BCUT2D eigenvalue weighted by Gasteiger charge is -2.32. The molecule has 0 fully saturated rings. The zero-order chi connectivity index (χ0) is 21.0. The van der Waals surface area contributed by atoms with Crippen molar-refractivity contribution in [1.82, 2.24) is 9.97 Å². The molecule has 1 unspecified atom stereocenters. The molecule has 1 aromatic heterocycles. The second-order valence-corrected chi connectivity index (χ2v) is 6.96. The van der Waals surface area contributed by atoms with Crippen molar-refractivity contribution < 1.29 is 14.3 Å². The van der Waals surface area contributed by atoms with E-state index in [1.165, 1.54) is 20.3 Å². The van der Waals surface area contributed by atoms with Crippen molar-refractivity contribution in [3.8, 4) is 0 Å². The minimum atomic E-state index is -0.970. The van der Waals surface area contributed by atoms with Crippen LogP contribution in [0.15, 0.2) is 42.1 Å². The summed E-state index contributed by atoms with van der Waals surface area (Å²) in [6, 6.07) is 7.60. The molecular weight excluding hydrogens is 370 g/mol. The number of hydrogen-bond acceptors (Lipinski definition) is 7. The van der Waals surface area contributed by atoms with Gasteiger partial charge in [-0.25, -0.2) is 14.8 Å². The highest BCUT2D eigenvalue weighted by atomic mass is 16.6. The molecule has 1 aliphatic rings. The van der Waals surface area contributed by atoms with E-state index in [1.54, 1.807) is 6.92 Å². The number of benzene rings is 1. The molecule has 0 radical (unpaired) electrons. The number of hydrogen-bond donors (Lipinski definition) is 3. The second kappa shape index (κ2) is 8.40. The third kappa shape index (κ3) is 4.27. The van der Waals surface area contributed by atoms with E-state index >= 15 is 0 Å². The molecule has 0 bridgehead atoms. The Bertz CT molecular complexity index is 1010. The zero-order valence-corrected chi connectivity index (χ0v) is 16.8. The molecule has 0 saturated carbocycles. The summed E-state index contributed by atoms with van der Waals surface area (Å²) in [6.07, 6.45) is 4.88. The number of carbonyl (C=O) groups excluding carboxylic acids is 1. The number of nitrogens with zero attached hydrogens (tertiary/aromatic N) is 2. The van der Waals surface area contributed by atoms with Crippen molar-refractivity contribution in [3.05, 3.63) is 47.9 Å². The van der Waals surface area contributed by atoms with Crippen LogP contribution in [0.5, 0.6) is 0 Å². The Kier molecular flexibility index (Phi) is 5.93. The summed E-state index contributed by atoms with van der Waals surface area (Å²) in [5, 5.41) is 11.9. The first kappa shape index (κ1) is 20.5. The predicted molar refractivity (Wildman–Crippen MR) is 112 cm³/mol. The SMILES string of the molecule is COC(=O)C1(OC)CC=C(c2nc(NC(=N)/C=C(/C)N)c3ccccc3n2)CC1. The van der Waals surface area contributed by atoms with Crippen molar-refractivity contribution in [3.63, 3.8) is 0 Å². The van der Waals surface area contributed by atoms with Gasteiger partial charge in [0.1, 0.15) is 11.7 Å². The number of carbonyl (C=O) groups is 1. The van der Waals surface area contributed by atoms with E-state index in [2.05, 4.69) is 15.3 Å². The van der Waals surface area contributed by atoms with E-state index < -0.39 is 5.60 Å². The van der Waals surface area contributed by atoms with Crippen molar-refractivity contribution in [2.24, 2.45) is 5.73 Å². The normalized spacial score (nSPS) is 19.6. The number of allylic oxidation sites excluding steroid dienone is 2. The number of amidine groups is 1. The Morgan fingerprint density at radius 2 is 2.07 bits per heavy atom. The van der Waals surface area contributed by atoms with Crippen molar-refractivity contribution in [2.75, 3.05) is 19.5 Å². The number of nitrogens with two attached hydrogens (primary N) is 1. The number of esters is 1. The number of ether oxygens (including phenoxy) is 2. The standard InChI is InChI=1S/C21H25N5O3/c1-13(22)12-17(23)25-19-15-6-4-5-7-16(15)24-18(26-19)14-8-10-21(29-3,11-9-14)20(27)28-2/h4-8,12H,9-11,22H2,1-3H3,(H2,23,24,25,26)/b13-12-. The Balaban J connectivity index is 1.98. The summed E-state index contributed by atoms with van der Waals surface area (Å²) >= 11 is 0. The van der Waals surface area contributed by atoms with Gasteiger partial charge in [0.15, 0.2) is 11.4 Å². The monoisotopic (exact) mass is 395 g/mol. The quantitative estimate of drug-likeness (QED) is 0.404. The molecule has 8 heteroatoms. The summed E-state index contributed by atoms with van der Waals surface area (Å²) in [4.78, 5) is 21.5. The number of rotatable bonds is 5. The van der Waals surface area contributed by atoms with Gasteiger partial charge in [-0.05, 0) is 43.5 Å². The van der Waals surface area contributed by atoms with Crippen LogP contribution in [0.25, 0.3) is 16.5 Å². The molecule has 2 aromatic rings. The van der Waals surface area contributed by atoms with Gasteiger partial charge in [-0.15, -0.1) is 0 Å². The van der Waals surface area contributed by atoms with E-state index in [0.29, 0.717) is 36.6 Å². The number of methoxy groups -OCH3 is 2. The van der Waals surface area contributed by atoms with Gasteiger partial charge in [-0.1, -0.05) is 18.2 Å². The van der Waals surface area contributed by atoms with Crippen LogP contribution >= 0.6 is 0 Å². The van der Waals surface area contributed by atoms with Crippen LogP contribution in [0.1, 0.15) is 32.0 Å². The molecule has 0 spiro atoms. The first-order valence-corrected chi connectivity index (χ1v) is 9.27. The second-order valence-electron chi connectivity index (χ2n) is 6.96. The summed E-state index contributed by atoms with van der Waals surface area (Å²) in [5.74, 6) is 0.851. The van der Waals surface area contributed by atoms with Crippen molar-refractivity contribution in [2.45, 2.75) is 31.8 Å². The smallest absolute Gasteiger partial charge is 0.338 e. The summed E-state index contributed by atoms with van der Waals surface area (Å²) < 4.78 is 10.4. The molecule has 4 N–H and O–H groups in total. The Morgan fingerprint density at radius 3 is 2.69 bits per heavy atom. The van der Waals surface area contributed by atoms with Gasteiger partial charge in [-0.2, -0.15) is 0 Å². The van der Waals surface area contributed by atoms with E-state index in [4.69, 9.17) is 20.6 Å². The van der Waals surface area contributed by atoms with E-state index in [-0.39, 0.29) is 11.8 Å². The highest BCUT2D eigenvalue weighted by Gasteiger charge is 2.41. The Morgan fingerprint density at radius 1 is 1.31 bits per heavy atom. The first-order chi connectivity index (χ1) is 13.9. The predicted octanol–water partition coefficient (Wildman–Crippen LogP) is 3.01. The maximum absolute atomic E-state index is 12.1. The number of anilines is 1. The highest BCUT2D eigenvalue weighted by molar-refractivity contribution is 6.06. The van der Waals surface area contributed by atoms with Crippen LogP contribution in [0.3, 0.4) is 0 Å². The van der Waals surface area contributed by atoms with Crippen LogP contribution < -0.4 is 11.1 Å². The maximum atomic E-state index is 12.1. The first-order valence-electron chi connectivity index (χ1n) is 9.27. The summed E-state index contributed by atoms with van der Waals surface area (Å²) in [5.41, 5.74) is 6.91. The average molecular weight is 395 g/mol. The average Bonchev–Trinajstić information content (AvgIpc) is 2.72. The van der Waals surface area contributed by atoms with Gasteiger partial charge in [0.25, 0.3) is 0 Å². The number of nitrogens with one attached hydrogen (secondary N) is 2. The number of fused-ring (bicyclic) bond motifs is 1. The van der Waals surface area contributed by atoms with Crippen LogP contribution in [-0.2, 0) is 14.3 Å². The minimum Gasteiger partial charge on any atom is -0.467 e. The third-order valence-corrected chi connectivity index (χ3v) is 4.94. The number of aromatic nitrogens is 2. The largest absolute Gasteiger partial charge is 0.467 e. The molecule has 29 heavy (non-hydrogen) atoms. The zero-order valence-electron chi connectivity index (χ0n) is 16.8. The lowest BCUT2D eigenvalue weighted by Crippen LogP contribution is -2.42. The van der Waals surface area contributed by atoms with Gasteiger partial charge < -0.3 is 20.5 Å². The van der Waals surface area contributed by atoms with Gasteiger partial charge in [0, 0.05) is 24.6 Å². The summed E-state index contributed by atoms with van der Waals surface area (Å²) in [7, 11) is 2.88. The van der Waals surface area contributed by atoms with Crippen LogP contribution in [0.4, 0.5) is 5.82 Å². The molecule has 0 saturated heterocycles.